The SMILES string of the molecule is CC(c1c[nH]c2ccccc12)C(NC(=O)c1c(F)ccc(OC(=O)C(F)(F)F)c1F)C(=O)N1C[C@@H](CN(C)C)Cc2cc(Cl)ccc21. The lowest BCUT2D eigenvalue weighted by atomic mass is 9.88. The number of nitrogens with one attached hydrogen (secondary N) is 2. The molecule has 5 rings (SSSR count). The first-order valence-electron chi connectivity index (χ1n) is 14.5. The Bertz CT molecular complexity index is 1840. The van der Waals surface area contributed by atoms with Gasteiger partial charge in [-0.3, -0.25) is 9.59 Å². The van der Waals surface area contributed by atoms with Crippen molar-refractivity contribution in [2.75, 3.05) is 32.1 Å². The van der Waals surface area contributed by atoms with Crippen molar-refractivity contribution in [1.29, 1.82) is 0 Å². The molecular weight excluding hydrogens is 647 g/mol. The molecule has 14 heteroatoms. The number of ether oxygens (including phenoxy) is 1. The molecule has 0 fully saturated rings. The monoisotopic (exact) mass is 676 g/mol. The third-order valence-corrected chi connectivity index (χ3v) is 8.29. The highest BCUT2D eigenvalue weighted by molar-refractivity contribution is 6.30. The van der Waals surface area contributed by atoms with Crippen LogP contribution in [0.1, 0.15) is 34.3 Å². The van der Waals surface area contributed by atoms with Crippen LogP contribution in [0.2, 0.25) is 5.02 Å². The number of nitrogens with zero attached hydrogens (tertiary/aromatic N) is 2. The van der Waals surface area contributed by atoms with Crippen molar-refractivity contribution in [2.24, 2.45) is 5.92 Å². The van der Waals surface area contributed by atoms with Crippen LogP contribution in [0, 0.1) is 17.6 Å². The number of fused-ring (bicyclic) bond motifs is 2. The van der Waals surface area contributed by atoms with Gasteiger partial charge in [-0.15, -0.1) is 0 Å². The summed E-state index contributed by atoms with van der Waals surface area (Å²) in [6, 6.07) is 11.8. The Morgan fingerprint density at radius 2 is 1.83 bits per heavy atom. The van der Waals surface area contributed by atoms with Crippen LogP contribution in [-0.4, -0.2) is 67.1 Å². The minimum Gasteiger partial charge on any atom is -0.417 e. The molecule has 4 aromatic rings. The predicted molar refractivity (Wildman–Crippen MR) is 166 cm³/mol. The summed E-state index contributed by atoms with van der Waals surface area (Å²) < 4.78 is 72.8. The number of amides is 2. The minimum atomic E-state index is -5.48. The van der Waals surface area contributed by atoms with Crippen LogP contribution in [0.15, 0.2) is 60.8 Å². The molecule has 2 unspecified atom stereocenters. The van der Waals surface area contributed by atoms with Gasteiger partial charge in [0.05, 0.1) is 0 Å². The Morgan fingerprint density at radius 1 is 1.11 bits per heavy atom. The molecule has 2 N–H and O–H groups in total. The quantitative estimate of drug-likeness (QED) is 0.131. The molecule has 3 aromatic carbocycles. The van der Waals surface area contributed by atoms with Crippen LogP contribution in [0.3, 0.4) is 0 Å². The summed E-state index contributed by atoms with van der Waals surface area (Å²) >= 11 is 6.29. The fraction of sp³-hybridized carbons (Fsp3) is 0.303. The average Bonchev–Trinajstić information content (AvgIpc) is 3.43. The summed E-state index contributed by atoms with van der Waals surface area (Å²) in [5.74, 6) is -10.2. The van der Waals surface area contributed by atoms with E-state index in [-0.39, 0.29) is 12.5 Å². The number of carbonyl (C=O) groups is 3. The summed E-state index contributed by atoms with van der Waals surface area (Å²) in [6.07, 6.45) is -3.19. The lowest BCUT2D eigenvalue weighted by Gasteiger charge is -2.38. The van der Waals surface area contributed by atoms with E-state index in [1.165, 1.54) is 4.90 Å². The molecule has 0 saturated heterocycles. The number of esters is 1. The topological polar surface area (TPSA) is 94.7 Å². The number of H-pyrrole nitrogens is 1. The number of aromatic nitrogens is 1. The van der Waals surface area contributed by atoms with Crippen LogP contribution in [0.25, 0.3) is 10.9 Å². The van der Waals surface area contributed by atoms with E-state index in [9.17, 15) is 31.9 Å². The van der Waals surface area contributed by atoms with Gasteiger partial charge in [0.2, 0.25) is 5.91 Å². The minimum absolute atomic E-state index is 0.0328. The van der Waals surface area contributed by atoms with Gasteiger partial charge in [-0.25, -0.2) is 13.6 Å². The molecule has 0 saturated carbocycles. The Balaban J connectivity index is 1.56. The van der Waals surface area contributed by atoms with Crippen LogP contribution < -0.4 is 15.0 Å². The fourth-order valence-electron chi connectivity index (χ4n) is 5.97. The first kappa shape index (κ1) is 33.9. The molecule has 248 valence electrons. The number of halogens is 6. The van der Waals surface area contributed by atoms with Gasteiger partial charge in [0, 0.05) is 46.8 Å². The molecule has 1 aliphatic rings. The third-order valence-electron chi connectivity index (χ3n) is 8.05. The molecule has 2 heterocycles. The highest BCUT2D eigenvalue weighted by atomic mass is 35.5. The van der Waals surface area contributed by atoms with Gasteiger partial charge in [-0.05, 0) is 74.0 Å². The number of anilines is 1. The lowest BCUT2D eigenvalue weighted by molar-refractivity contribution is -0.189. The summed E-state index contributed by atoms with van der Waals surface area (Å²) in [6.45, 7) is 2.53. The lowest BCUT2D eigenvalue weighted by Crippen LogP contribution is -2.54. The summed E-state index contributed by atoms with van der Waals surface area (Å²) in [5.41, 5.74) is 1.39. The van der Waals surface area contributed by atoms with Gasteiger partial charge >= 0.3 is 12.1 Å². The maximum atomic E-state index is 15.4. The van der Waals surface area contributed by atoms with E-state index < -0.39 is 58.9 Å². The van der Waals surface area contributed by atoms with E-state index in [4.69, 9.17) is 11.6 Å². The van der Waals surface area contributed by atoms with Crippen molar-refractivity contribution < 1.29 is 41.1 Å². The Labute approximate surface area is 271 Å². The number of carbonyl (C=O) groups excluding carboxylic acids is 3. The van der Waals surface area contributed by atoms with Gasteiger partial charge in [0.1, 0.15) is 17.4 Å². The zero-order chi connectivity index (χ0) is 34.2. The normalized spacial score (nSPS) is 16.1. The van der Waals surface area contributed by atoms with Crippen LogP contribution in [0.4, 0.5) is 27.6 Å². The van der Waals surface area contributed by atoms with Crippen LogP contribution in [-0.2, 0) is 16.0 Å². The van der Waals surface area contributed by atoms with Crippen LogP contribution >= 0.6 is 11.6 Å². The highest BCUT2D eigenvalue weighted by Crippen LogP contribution is 2.36. The Hall–Kier alpha value is -4.49. The zero-order valence-corrected chi connectivity index (χ0v) is 26.2. The number of benzene rings is 3. The molecule has 1 aromatic heterocycles. The van der Waals surface area contributed by atoms with E-state index in [0.717, 1.165) is 16.5 Å². The molecule has 0 radical (unpaired) electrons. The van der Waals surface area contributed by atoms with Gasteiger partial charge < -0.3 is 24.8 Å². The molecule has 2 amide bonds. The largest absolute Gasteiger partial charge is 0.491 e. The standard InChI is InChI=1S/C33H30ClF5N4O4/c1-17(22-14-40-24-7-5-4-6-21(22)24)29(31(45)43-16-18(15-42(2)3)12-19-13-20(34)8-10-25(19)43)41-30(44)27-23(35)9-11-26(28(27)36)47-32(46)33(37,38)39/h4-11,13-14,17-18,29,40H,12,15-16H2,1-3H3,(H,41,44)/t17?,18-,29?/m1/s1. The third kappa shape index (κ3) is 7.10. The summed E-state index contributed by atoms with van der Waals surface area (Å²) in [4.78, 5) is 46.1. The number of alkyl halides is 3. The fourth-order valence-corrected chi connectivity index (χ4v) is 6.17. The van der Waals surface area contributed by atoms with Gasteiger partial charge in [-0.1, -0.05) is 36.7 Å². The highest BCUT2D eigenvalue weighted by Gasteiger charge is 2.43. The summed E-state index contributed by atoms with van der Waals surface area (Å²) in [5, 5.41) is 3.66. The second-order valence-corrected chi connectivity index (χ2v) is 12.1. The maximum Gasteiger partial charge on any atom is 0.491 e. The van der Waals surface area contributed by atoms with E-state index >= 15 is 4.39 Å². The van der Waals surface area contributed by atoms with Gasteiger partial charge in [-0.2, -0.15) is 13.2 Å². The van der Waals surface area contributed by atoms with E-state index in [1.807, 2.05) is 37.2 Å². The van der Waals surface area contributed by atoms with E-state index in [1.54, 1.807) is 37.4 Å². The molecule has 0 aliphatic carbocycles. The Morgan fingerprint density at radius 3 is 2.53 bits per heavy atom. The summed E-state index contributed by atoms with van der Waals surface area (Å²) in [7, 11) is 3.79. The van der Waals surface area contributed by atoms with Gasteiger partial charge in [0.25, 0.3) is 5.91 Å². The average molecular weight is 677 g/mol. The molecule has 0 bridgehead atoms. The van der Waals surface area contributed by atoms with Gasteiger partial charge in [0.15, 0.2) is 11.6 Å². The van der Waals surface area contributed by atoms with Crippen molar-refractivity contribution >= 4 is 46.0 Å². The van der Waals surface area contributed by atoms with E-state index in [2.05, 4.69) is 15.0 Å². The molecule has 8 nitrogen and oxygen atoms in total. The van der Waals surface area contributed by atoms with E-state index in [0.29, 0.717) is 41.4 Å². The molecule has 3 atom stereocenters. The molecule has 47 heavy (non-hydrogen) atoms. The number of rotatable bonds is 8. The van der Waals surface area contributed by atoms with Crippen molar-refractivity contribution in [3.8, 4) is 5.75 Å². The second-order valence-electron chi connectivity index (χ2n) is 11.7. The Kier molecular flexibility index (Phi) is 9.60. The van der Waals surface area contributed by atoms with Crippen LogP contribution in [0.5, 0.6) is 5.75 Å². The predicted octanol–water partition coefficient (Wildman–Crippen LogP) is 6.24. The van der Waals surface area contributed by atoms with Crippen molar-refractivity contribution in [1.82, 2.24) is 15.2 Å². The smallest absolute Gasteiger partial charge is 0.417 e. The number of hydrogen-bond donors (Lipinski definition) is 2. The number of aromatic amines is 1. The first-order chi connectivity index (χ1) is 22.1. The first-order valence-corrected chi connectivity index (χ1v) is 14.9. The number of para-hydroxylation sites is 1. The maximum absolute atomic E-state index is 15.4. The second kappa shape index (κ2) is 13.3. The van der Waals surface area contributed by atoms with Crippen molar-refractivity contribution in [2.45, 2.75) is 31.5 Å². The van der Waals surface area contributed by atoms with Crippen molar-refractivity contribution in [3.05, 3.63) is 94.1 Å². The van der Waals surface area contributed by atoms with Crippen molar-refractivity contribution in [3.63, 3.8) is 0 Å². The molecule has 1 aliphatic heterocycles. The number of hydrogen-bond acceptors (Lipinski definition) is 5. The molecule has 0 spiro atoms. The zero-order valence-electron chi connectivity index (χ0n) is 25.4. The molecular formula is C33H30ClF5N4O4.